The van der Waals surface area contributed by atoms with Crippen molar-refractivity contribution in [1.82, 2.24) is 4.57 Å². The lowest BCUT2D eigenvalue weighted by Crippen LogP contribution is -2.25. The third kappa shape index (κ3) is 6.70. The van der Waals surface area contributed by atoms with E-state index in [-0.39, 0.29) is 5.78 Å². The minimum Gasteiger partial charge on any atom is -0.434 e. The van der Waals surface area contributed by atoms with Crippen LogP contribution in [0.2, 0.25) is 0 Å². The molecule has 1 aromatic carbocycles. The fraction of sp³-hybridized carbons (Fsp3) is 0.500. The molecule has 2 aromatic rings. The van der Waals surface area contributed by atoms with Gasteiger partial charge >= 0.3 is 12.1 Å². The first-order valence-electron chi connectivity index (χ1n) is 11.8. The minimum atomic E-state index is -1.05. The van der Waals surface area contributed by atoms with Crippen molar-refractivity contribution in [3.63, 3.8) is 0 Å². The third-order valence-electron chi connectivity index (χ3n) is 5.83. The van der Waals surface area contributed by atoms with Crippen LogP contribution in [0, 0.1) is 0 Å². The topological polar surface area (TPSA) is 83.8 Å². The molecule has 0 bridgehead atoms. The van der Waals surface area contributed by atoms with Crippen molar-refractivity contribution >= 4 is 17.9 Å². The number of ether oxygens (including phenoxy) is 3. The Morgan fingerprint density at radius 2 is 1.70 bits per heavy atom. The zero-order valence-corrected chi connectivity index (χ0v) is 19.5. The molecular formula is C26H33NO6. The number of hydrogen-bond acceptors (Lipinski definition) is 6. The van der Waals surface area contributed by atoms with Crippen LogP contribution in [0.25, 0.3) is 0 Å². The lowest BCUT2D eigenvalue weighted by atomic mass is 10.1. The van der Waals surface area contributed by atoms with Gasteiger partial charge in [-0.05, 0) is 25.0 Å². The number of carbonyl (C=O) groups excluding carboxylic acids is 3. The number of aromatic nitrogens is 1. The molecule has 1 aliphatic heterocycles. The van der Waals surface area contributed by atoms with Gasteiger partial charge in [0.15, 0.2) is 0 Å². The van der Waals surface area contributed by atoms with Crippen LogP contribution in [-0.2, 0) is 25.5 Å². The number of benzene rings is 1. The number of ketones is 1. The van der Waals surface area contributed by atoms with Gasteiger partial charge in [0.25, 0.3) is 0 Å². The van der Waals surface area contributed by atoms with Gasteiger partial charge in [-0.1, -0.05) is 69.4 Å². The summed E-state index contributed by atoms with van der Waals surface area (Å²) in [5.74, 6) is -1.07. The van der Waals surface area contributed by atoms with Gasteiger partial charge in [0.1, 0.15) is 0 Å². The van der Waals surface area contributed by atoms with Crippen LogP contribution in [0.3, 0.4) is 0 Å². The zero-order chi connectivity index (χ0) is 23.6. The number of fused-ring (bicyclic) bond motifs is 1. The van der Waals surface area contributed by atoms with Crippen LogP contribution in [0.4, 0.5) is 4.79 Å². The van der Waals surface area contributed by atoms with Crippen LogP contribution in [0.5, 0.6) is 0 Å². The van der Waals surface area contributed by atoms with E-state index in [1.165, 1.54) is 26.2 Å². The van der Waals surface area contributed by atoms with Crippen LogP contribution >= 0.6 is 0 Å². The van der Waals surface area contributed by atoms with Gasteiger partial charge in [-0.15, -0.1) is 0 Å². The summed E-state index contributed by atoms with van der Waals surface area (Å²) < 4.78 is 17.3. The Morgan fingerprint density at radius 1 is 0.970 bits per heavy atom. The Bertz CT molecular complexity index is 936. The van der Waals surface area contributed by atoms with Crippen molar-refractivity contribution in [3.05, 3.63) is 59.4 Å². The van der Waals surface area contributed by atoms with Crippen LogP contribution in [0.1, 0.15) is 86.5 Å². The number of hydrogen-bond donors (Lipinski definition) is 0. The molecule has 2 unspecified atom stereocenters. The van der Waals surface area contributed by atoms with Crippen molar-refractivity contribution in [2.24, 2.45) is 0 Å². The third-order valence-corrected chi connectivity index (χ3v) is 5.83. The molecule has 178 valence electrons. The lowest BCUT2D eigenvalue weighted by molar-refractivity contribution is -0.169. The standard InChI is InChI=1S/C26H33NO6/c1-3-4-5-6-7-11-18-31-26(30)33-19(2)32-25(29)21-16-17-27-22(21)14-15-23(27)24(28)20-12-9-8-10-13-20/h8-10,12-15,19,21H,3-7,11,16-18H2,1-2H3. The summed E-state index contributed by atoms with van der Waals surface area (Å²) in [5.41, 5.74) is 1.89. The van der Waals surface area contributed by atoms with Gasteiger partial charge in [-0.2, -0.15) is 0 Å². The SMILES string of the molecule is CCCCCCCCOC(=O)OC(C)OC(=O)C1CCn2c(C(=O)c3ccccc3)ccc21. The van der Waals surface area contributed by atoms with Crippen molar-refractivity contribution in [3.8, 4) is 0 Å². The second-order valence-corrected chi connectivity index (χ2v) is 8.32. The molecule has 7 nitrogen and oxygen atoms in total. The molecule has 0 aliphatic carbocycles. The molecule has 2 heterocycles. The first-order chi connectivity index (χ1) is 16.0. The number of nitrogens with zero attached hydrogens (tertiary/aromatic N) is 1. The van der Waals surface area contributed by atoms with E-state index in [2.05, 4.69) is 6.92 Å². The average Bonchev–Trinajstić information content (AvgIpc) is 3.41. The Kier molecular flexibility index (Phi) is 9.10. The molecule has 0 saturated carbocycles. The summed E-state index contributed by atoms with van der Waals surface area (Å²) in [6.07, 6.45) is 5.17. The highest BCUT2D eigenvalue weighted by atomic mass is 16.8. The van der Waals surface area contributed by atoms with Crippen molar-refractivity contribution in [1.29, 1.82) is 0 Å². The fourth-order valence-electron chi connectivity index (χ4n) is 4.09. The Morgan fingerprint density at radius 3 is 2.45 bits per heavy atom. The number of unbranched alkanes of at least 4 members (excludes halogenated alkanes) is 5. The molecule has 2 atom stereocenters. The molecule has 7 heteroatoms. The lowest BCUT2D eigenvalue weighted by Gasteiger charge is -2.16. The Hall–Kier alpha value is -3.09. The van der Waals surface area contributed by atoms with Crippen molar-refractivity contribution in [2.45, 2.75) is 77.5 Å². The molecule has 33 heavy (non-hydrogen) atoms. The van der Waals surface area contributed by atoms with E-state index in [0.29, 0.717) is 30.8 Å². The first-order valence-corrected chi connectivity index (χ1v) is 11.8. The summed E-state index contributed by atoms with van der Waals surface area (Å²) in [5, 5.41) is 0. The maximum atomic E-state index is 12.8. The molecule has 1 aliphatic rings. The molecule has 3 rings (SSSR count). The van der Waals surface area contributed by atoms with Gasteiger partial charge in [-0.25, -0.2) is 4.79 Å². The molecule has 0 radical (unpaired) electrons. The quantitative estimate of drug-likeness (QED) is 0.179. The molecule has 1 aromatic heterocycles. The molecule has 0 saturated heterocycles. The molecule has 0 fully saturated rings. The van der Waals surface area contributed by atoms with Gasteiger partial charge in [0.2, 0.25) is 12.1 Å². The van der Waals surface area contributed by atoms with E-state index in [1.54, 1.807) is 24.3 Å². The second-order valence-electron chi connectivity index (χ2n) is 8.32. The van der Waals surface area contributed by atoms with Gasteiger partial charge in [0.05, 0.1) is 18.2 Å². The van der Waals surface area contributed by atoms with E-state index in [0.717, 1.165) is 25.0 Å². The van der Waals surface area contributed by atoms with E-state index in [4.69, 9.17) is 14.2 Å². The Labute approximate surface area is 195 Å². The summed E-state index contributed by atoms with van der Waals surface area (Å²) in [6.45, 7) is 4.50. The smallest absolute Gasteiger partial charge is 0.434 e. The van der Waals surface area contributed by atoms with Gasteiger partial charge in [-0.3, -0.25) is 9.59 Å². The average molecular weight is 456 g/mol. The second kappa shape index (κ2) is 12.2. The van der Waals surface area contributed by atoms with E-state index in [9.17, 15) is 14.4 Å². The minimum absolute atomic E-state index is 0.0827. The fourth-order valence-corrected chi connectivity index (χ4v) is 4.09. The molecule has 0 N–H and O–H groups in total. The largest absolute Gasteiger partial charge is 0.511 e. The number of rotatable bonds is 12. The van der Waals surface area contributed by atoms with Crippen LogP contribution < -0.4 is 0 Å². The molecular weight excluding hydrogens is 422 g/mol. The maximum absolute atomic E-state index is 12.8. The maximum Gasteiger partial charge on any atom is 0.511 e. The Balaban J connectivity index is 1.45. The molecule has 0 amide bonds. The van der Waals surface area contributed by atoms with Crippen LogP contribution in [-0.4, -0.2) is 35.4 Å². The highest BCUT2D eigenvalue weighted by molar-refractivity contribution is 6.08. The van der Waals surface area contributed by atoms with E-state index >= 15 is 0 Å². The summed E-state index contributed by atoms with van der Waals surface area (Å²) in [7, 11) is 0. The van der Waals surface area contributed by atoms with Crippen molar-refractivity contribution < 1.29 is 28.6 Å². The zero-order valence-electron chi connectivity index (χ0n) is 19.5. The highest BCUT2D eigenvalue weighted by Gasteiger charge is 2.34. The van der Waals surface area contributed by atoms with Gasteiger partial charge in [0, 0.05) is 24.7 Å². The summed E-state index contributed by atoms with van der Waals surface area (Å²) >= 11 is 0. The monoisotopic (exact) mass is 455 g/mol. The van der Waals surface area contributed by atoms with Crippen molar-refractivity contribution in [2.75, 3.05) is 6.61 Å². The van der Waals surface area contributed by atoms with E-state index < -0.39 is 24.3 Å². The number of carbonyl (C=O) groups is 3. The predicted molar refractivity (Wildman–Crippen MR) is 123 cm³/mol. The molecule has 0 spiro atoms. The predicted octanol–water partition coefficient (Wildman–Crippen LogP) is 5.61. The van der Waals surface area contributed by atoms with E-state index in [1.807, 2.05) is 22.8 Å². The van der Waals surface area contributed by atoms with Gasteiger partial charge < -0.3 is 18.8 Å². The first kappa shape index (κ1) is 24.6. The normalized spacial score (nSPS) is 15.5. The summed E-state index contributed by atoms with van der Waals surface area (Å²) in [6, 6.07) is 12.6. The summed E-state index contributed by atoms with van der Waals surface area (Å²) in [4.78, 5) is 37.3. The number of esters is 1. The van der Waals surface area contributed by atoms with Crippen LogP contribution in [0.15, 0.2) is 42.5 Å². The highest BCUT2D eigenvalue weighted by Crippen LogP contribution is 2.32.